The number of hydrogen-bond acceptors (Lipinski definition) is 3. The molecule has 1 aromatic carbocycles. The van der Waals surface area contributed by atoms with Crippen molar-refractivity contribution in [1.29, 1.82) is 0 Å². The van der Waals surface area contributed by atoms with E-state index >= 15 is 0 Å². The number of hydrogen-bond donors (Lipinski definition) is 1. The van der Waals surface area contributed by atoms with Crippen LogP contribution in [0.2, 0.25) is 0 Å². The van der Waals surface area contributed by atoms with Crippen LogP contribution in [0.4, 0.5) is 0 Å². The molecule has 1 amide bonds. The summed E-state index contributed by atoms with van der Waals surface area (Å²) in [5.74, 6) is 0.196. The summed E-state index contributed by atoms with van der Waals surface area (Å²) in [7, 11) is 0. The van der Waals surface area contributed by atoms with Gasteiger partial charge in [0.1, 0.15) is 0 Å². The Morgan fingerprint density at radius 1 is 1.04 bits per heavy atom. The van der Waals surface area contributed by atoms with Crippen molar-refractivity contribution in [2.75, 3.05) is 19.6 Å². The predicted molar refractivity (Wildman–Crippen MR) is 112 cm³/mol. The molecule has 1 aromatic rings. The Morgan fingerprint density at radius 3 is 2.48 bits per heavy atom. The van der Waals surface area contributed by atoms with E-state index in [9.17, 15) is 4.79 Å². The summed E-state index contributed by atoms with van der Waals surface area (Å²) in [5, 5.41) is 3.20. The minimum atomic E-state index is 0.0408. The minimum Gasteiger partial charge on any atom is -0.351 e. The highest BCUT2D eigenvalue weighted by molar-refractivity contribution is 5.81. The van der Waals surface area contributed by atoms with Gasteiger partial charge in [-0.05, 0) is 70.3 Å². The Morgan fingerprint density at radius 2 is 1.74 bits per heavy atom. The molecule has 4 nitrogen and oxygen atoms in total. The fourth-order valence-corrected chi connectivity index (χ4v) is 4.55. The van der Waals surface area contributed by atoms with Crippen molar-refractivity contribution in [1.82, 2.24) is 15.1 Å². The molecule has 0 aliphatic carbocycles. The van der Waals surface area contributed by atoms with Gasteiger partial charge < -0.3 is 5.32 Å². The van der Waals surface area contributed by atoms with Gasteiger partial charge in [-0.3, -0.25) is 14.6 Å². The van der Waals surface area contributed by atoms with E-state index in [1.807, 2.05) is 0 Å². The van der Waals surface area contributed by atoms with Crippen LogP contribution in [0, 0.1) is 0 Å². The van der Waals surface area contributed by atoms with Crippen molar-refractivity contribution in [3.63, 3.8) is 0 Å². The fourth-order valence-electron chi connectivity index (χ4n) is 4.55. The third-order valence-electron chi connectivity index (χ3n) is 6.07. The molecule has 27 heavy (non-hydrogen) atoms. The second-order valence-corrected chi connectivity index (χ2v) is 8.57. The molecule has 1 N–H and O–H groups in total. The van der Waals surface area contributed by atoms with Crippen molar-refractivity contribution >= 4 is 5.91 Å². The molecule has 2 saturated heterocycles. The smallest absolute Gasteiger partial charge is 0.237 e. The van der Waals surface area contributed by atoms with Crippen LogP contribution in [-0.2, 0) is 17.9 Å². The number of nitrogens with zero attached hydrogens (tertiary/aromatic N) is 2. The van der Waals surface area contributed by atoms with Gasteiger partial charge in [0.2, 0.25) is 5.91 Å². The summed E-state index contributed by atoms with van der Waals surface area (Å²) in [6.45, 7) is 9.53. The van der Waals surface area contributed by atoms with Crippen LogP contribution in [-0.4, -0.2) is 47.4 Å². The number of amides is 1. The maximum Gasteiger partial charge on any atom is 0.237 e. The number of rotatable bonds is 6. The Hall–Kier alpha value is -1.39. The van der Waals surface area contributed by atoms with Gasteiger partial charge in [0.25, 0.3) is 0 Å². The van der Waals surface area contributed by atoms with Crippen LogP contribution in [0.1, 0.15) is 69.9 Å². The highest BCUT2D eigenvalue weighted by atomic mass is 16.2. The Labute approximate surface area is 165 Å². The first-order chi connectivity index (χ1) is 13.1. The zero-order chi connectivity index (χ0) is 19.1. The van der Waals surface area contributed by atoms with Crippen LogP contribution in [0.25, 0.3) is 0 Å². The molecule has 2 aliphatic heterocycles. The van der Waals surface area contributed by atoms with Gasteiger partial charge in [-0.25, -0.2) is 0 Å². The lowest BCUT2D eigenvalue weighted by atomic mass is 9.99. The van der Waals surface area contributed by atoms with Crippen molar-refractivity contribution in [3.05, 3.63) is 35.4 Å². The zero-order valence-corrected chi connectivity index (χ0v) is 17.3. The van der Waals surface area contributed by atoms with Gasteiger partial charge in [-0.15, -0.1) is 0 Å². The minimum absolute atomic E-state index is 0.0408. The lowest BCUT2D eigenvalue weighted by Gasteiger charge is -2.37. The molecule has 2 fully saturated rings. The van der Waals surface area contributed by atoms with Crippen molar-refractivity contribution in [2.45, 2.75) is 84.0 Å². The van der Waals surface area contributed by atoms with Crippen molar-refractivity contribution in [3.8, 4) is 0 Å². The van der Waals surface area contributed by atoms with Crippen LogP contribution >= 0.6 is 0 Å². The molecule has 0 saturated carbocycles. The second-order valence-electron chi connectivity index (χ2n) is 8.57. The molecule has 0 bridgehead atoms. The first-order valence-corrected chi connectivity index (χ1v) is 11.0. The number of piperidine rings is 1. The maximum atomic E-state index is 12.8. The third-order valence-corrected chi connectivity index (χ3v) is 6.07. The standard InChI is InChI=1S/C23H37N3O/c1-19(2)26-15-8-5-12-22(26)23(27)24-17-20-10-9-11-21(16-20)18-25-13-6-3-4-7-14-25/h9-11,16,19,22H,3-8,12-15,17-18H2,1-2H3,(H,24,27). The Bertz CT molecular complexity index is 593. The number of nitrogens with one attached hydrogen (secondary N) is 1. The summed E-state index contributed by atoms with van der Waals surface area (Å²) in [6, 6.07) is 9.23. The summed E-state index contributed by atoms with van der Waals surface area (Å²) in [4.78, 5) is 17.7. The van der Waals surface area contributed by atoms with Crippen molar-refractivity contribution < 1.29 is 4.79 Å². The lowest BCUT2D eigenvalue weighted by molar-refractivity contribution is -0.128. The molecule has 1 atom stereocenters. The second kappa shape index (κ2) is 10.2. The molecule has 0 radical (unpaired) electrons. The number of carbonyl (C=O) groups is 1. The van der Waals surface area contributed by atoms with Gasteiger partial charge in [0.15, 0.2) is 0 Å². The van der Waals surface area contributed by atoms with Gasteiger partial charge in [-0.2, -0.15) is 0 Å². The molecule has 3 rings (SSSR count). The zero-order valence-electron chi connectivity index (χ0n) is 17.3. The highest BCUT2D eigenvalue weighted by Crippen LogP contribution is 2.20. The molecule has 0 spiro atoms. The van der Waals surface area contributed by atoms with E-state index in [-0.39, 0.29) is 11.9 Å². The first kappa shape index (κ1) is 20.3. The molecule has 150 valence electrons. The Kier molecular flexibility index (Phi) is 7.71. The molecule has 1 unspecified atom stereocenters. The highest BCUT2D eigenvalue weighted by Gasteiger charge is 2.29. The van der Waals surface area contributed by atoms with E-state index < -0.39 is 0 Å². The average molecular weight is 372 g/mol. The van der Waals surface area contributed by atoms with Crippen LogP contribution in [0.5, 0.6) is 0 Å². The quantitative estimate of drug-likeness (QED) is 0.823. The number of likely N-dealkylation sites (tertiary alicyclic amines) is 2. The van der Waals surface area contributed by atoms with E-state index in [1.165, 1.54) is 56.3 Å². The van der Waals surface area contributed by atoms with Crippen LogP contribution < -0.4 is 5.32 Å². The van der Waals surface area contributed by atoms with Gasteiger partial charge >= 0.3 is 0 Å². The summed E-state index contributed by atoms with van der Waals surface area (Å²) >= 11 is 0. The summed E-state index contributed by atoms with van der Waals surface area (Å²) < 4.78 is 0. The van der Waals surface area contributed by atoms with E-state index in [1.54, 1.807) is 0 Å². The monoisotopic (exact) mass is 371 g/mol. The molecule has 2 heterocycles. The fraction of sp³-hybridized carbons (Fsp3) is 0.696. The average Bonchev–Trinajstić information content (AvgIpc) is 2.95. The van der Waals surface area contributed by atoms with Crippen LogP contribution in [0.3, 0.4) is 0 Å². The number of carbonyl (C=O) groups excluding carboxylic acids is 1. The molecular formula is C23H37N3O. The normalized spacial score (nSPS) is 22.6. The van der Waals surface area contributed by atoms with E-state index in [0.717, 1.165) is 25.9 Å². The number of benzene rings is 1. The first-order valence-electron chi connectivity index (χ1n) is 11.0. The topological polar surface area (TPSA) is 35.6 Å². The molecule has 0 aromatic heterocycles. The summed E-state index contributed by atoms with van der Waals surface area (Å²) in [6.07, 6.45) is 8.74. The van der Waals surface area contributed by atoms with E-state index in [4.69, 9.17) is 0 Å². The van der Waals surface area contributed by atoms with Crippen LogP contribution in [0.15, 0.2) is 24.3 Å². The maximum absolute atomic E-state index is 12.8. The molecule has 4 heteroatoms. The van der Waals surface area contributed by atoms with Gasteiger partial charge in [0, 0.05) is 19.1 Å². The third kappa shape index (κ3) is 6.05. The van der Waals surface area contributed by atoms with Gasteiger partial charge in [-0.1, -0.05) is 43.5 Å². The van der Waals surface area contributed by atoms with E-state index in [0.29, 0.717) is 12.6 Å². The Balaban J connectivity index is 1.53. The van der Waals surface area contributed by atoms with Crippen molar-refractivity contribution in [2.24, 2.45) is 0 Å². The largest absolute Gasteiger partial charge is 0.351 e. The van der Waals surface area contributed by atoms with E-state index in [2.05, 4.69) is 53.2 Å². The molecular weight excluding hydrogens is 334 g/mol. The molecule has 2 aliphatic rings. The van der Waals surface area contributed by atoms with Gasteiger partial charge in [0.05, 0.1) is 6.04 Å². The lowest BCUT2D eigenvalue weighted by Crippen LogP contribution is -2.51. The summed E-state index contributed by atoms with van der Waals surface area (Å²) in [5.41, 5.74) is 2.58. The SMILES string of the molecule is CC(C)N1CCCCC1C(=O)NCc1cccc(CN2CCCCCC2)c1. The predicted octanol–water partition coefficient (Wildman–Crippen LogP) is 3.94.